The van der Waals surface area contributed by atoms with E-state index < -0.39 is 0 Å². The van der Waals surface area contributed by atoms with Crippen molar-refractivity contribution >= 4 is 21.4 Å². The Bertz CT molecular complexity index is 608. The van der Waals surface area contributed by atoms with Gasteiger partial charge in [-0.15, -0.1) is 11.3 Å². The van der Waals surface area contributed by atoms with Crippen molar-refractivity contribution in [3.8, 4) is 11.5 Å². The summed E-state index contributed by atoms with van der Waals surface area (Å²) in [5, 5.41) is 4.72. The maximum Gasteiger partial charge on any atom is 0.131 e. The van der Waals surface area contributed by atoms with Gasteiger partial charge in [-0.1, -0.05) is 0 Å². The Morgan fingerprint density at radius 3 is 2.75 bits per heavy atom. The van der Waals surface area contributed by atoms with Crippen LogP contribution in [0, 0.1) is 0 Å². The SMILES string of the molecule is COc1cc(OC)c2cc([C@@H]3CCN[C@H](C)C3)sc2c1. The molecule has 108 valence electrons. The Labute approximate surface area is 123 Å². The predicted molar refractivity (Wildman–Crippen MR) is 84.4 cm³/mol. The van der Waals surface area contributed by atoms with E-state index in [1.165, 1.54) is 27.8 Å². The first kappa shape index (κ1) is 13.7. The van der Waals surface area contributed by atoms with Crippen LogP contribution in [0.25, 0.3) is 10.1 Å². The van der Waals surface area contributed by atoms with Gasteiger partial charge in [-0.05, 0) is 44.4 Å². The van der Waals surface area contributed by atoms with Gasteiger partial charge in [0.1, 0.15) is 11.5 Å². The number of thiophene rings is 1. The number of rotatable bonds is 3. The highest BCUT2D eigenvalue weighted by Crippen LogP contribution is 2.41. The van der Waals surface area contributed by atoms with E-state index in [0.717, 1.165) is 18.0 Å². The third kappa shape index (κ3) is 2.50. The molecule has 2 aromatic rings. The number of hydrogen-bond donors (Lipinski definition) is 1. The molecule has 0 radical (unpaired) electrons. The first-order valence-electron chi connectivity index (χ1n) is 7.10. The van der Waals surface area contributed by atoms with Crippen molar-refractivity contribution in [2.45, 2.75) is 31.7 Å². The predicted octanol–water partition coefficient (Wildman–Crippen LogP) is 3.77. The summed E-state index contributed by atoms with van der Waals surface area (Å²) in [7, 11) is 3.42. The molecule has 0 spiro atoms. The van der Waals surface area contributed by atoms with Gasteiger partial charge in [0.15, 0.2) is 0 Å². The molecule has 0 amide bonds. The Morgan fingerprint density at radius 1 is 1.20 bits per heavy atom. The lowest BCUT2D eigenvalue weighted by molar-refractivity contribution is 0.384. The van der Waals surface area contributed by atoms with Gasteiger partial charge in [-0.25, -0.2) is 0 Å². The molecule has 2 atom stereocenters. The number of nitrogens with one attached hydrogen (secondary N) is 1. The molecule has 20 heavy (non-hydrogen) atoms. The van der Waals surface area contributed by atoms with Crippen LogP contribution >= 0.6 is 11.3 Å². The van der Waals surface area contributed by atoms with Crippen molar-refractivity contribution in [1.29, 1.82) is 0 Å². The Balaban J connectivity index is 2.01. The number of hydrogen-bond acceptors (Lipinski definition) is 4. The molecule has 1 saturated heterocycles. The minimum atomic E-state index is 0.607. The van der Waals surface area contributed by atoms with E-state index in [-0.39, 0.29) is 0 Å². The van der Waals surface area contributed by atoms with Crippen molar-refractivity contribution in [3.05, 3.63) is 23.1 Å². The van der Waals surface area contributed by atoms with Crippen molar-refractivity contribution in [2.75, 3.05) is 20.8 Å². The zero-order valence-electron chi connectivity index (χ0n) is 12.2. The number of methoxy groups -OCH3 is 2. The fraction of sp³-hybridized carbons (Fsp3) is 0.500. The van der Waals surface area contributed by atoms with Gasteiger partial charge in [-0.3, -0.25) is 0 Å². The van der Waals surface area contributed by atoms with Gasteiger partial charge < -0.3 is 14.8 Å². The quantitative estimate of drug-likeness (QED) is 0.933. The number of ether oxygens (including phenoxy) is 2. The minimum absolute atomic E-state index is 0.607. The molecular weight excluding hydrogens is 270 g/mol. The normalized spacial score (nSPS) is 22.9. The molecule has 2 heterocycles. The second-order valence-corrected chi connectivity index (χ2v) is 6.58. The van der Waals surface area contributed by atoms with Crippen LogP contribution in [0.15, 0.2) is 18.2 Å². The summed E-state index contributed by atoms with van der Waals surface area (Å²) in [6, 6.07) is 6.98. The summed E-state index contributed by atoms with van der Waals surface area (Å²) in [6.45, 7) is 3.38. The Morgan fingerprint density at radius 2 is 2.05 bits per heavy atom. The van der Waals surface area contributed by atoms with Crippen molar-refractivity contribution in [1.82, 2.24) is 5.32 Å². The molecule has 1 aliphatic heterocycles. The van der Waals surface area contributed by atoms with E-state index in [0.29, 0.717) is 12.0 Å². The minimum Gasteiger partial charge on any atom is -0.497 e. The van der Waals surface area contributed by atoms with Gasteiger partial charge in [0, 0.05) is 27.1 Å². The van der Waals surface area contributed by atoms with E-state index in [1.807, 2.05) is 17.4 Å². The Kier molecular flexibility index (Phi) is 3.85. The molecule has 3 nitrogen and oxygen atoms in total. The summed E-state index contributed by atoms with van der Waals surface area (Å²) >= 11 is 1.88. The fourth-order valence-electron chi connectivity index (χ4n) is 2.98. The molecule has 1 N–H and O–H groups in total. The van der Waals surface area contributed by atoms with Crippen molar-refractivity contribution < 1.29 is 9.47 Å². The second kappa shape index (κ2) is 5.62. The molecule has 1 aromatic carbocycles. The summed E-state index contributed by atoms with van der Waals surface area (Å²) in [4.78, 5) is 1.47. The van der Waals surface area contributed by atoms with Crippen LogP contribution in [0.3, 0.4) is 0 Å². The fourth-order valence-corrected chi connectivity index (χ4v) is 4.24. The summed E-state index contributed by atoms with van der Waals surface area (Å²) in [6.07, 6.45) is 2.43. The van der Waals surface area contributed by atoms with Gasteiger partial charge in [0.2, 0.25) is 0 Å². The highest BCUT2D eigenvalue weighted by Gasteiger charge is 2.22. The average molecular weight is 291 g/mol. The lowest BCUT2D eigenvalue weighted by atomic mass is 9.92. The van der Waals surface area contributed by atoms with Gasteiger partial charge in [0.25, 0.3) is 0 Å². The lowest BCUT2D eigenvalue weighted by Crippen LogP contribution is -2.34. The summed E-state index contributed by atoms with van der Waals surface area (Å²) in [5.41, 5.74) is 0. The van der Waals surface area contributed by atoms with Crippen LogP contribution in [0.5, 0.6) is 11.5 Å². The third-order valence-corrected chi connectivity index (χ3v) is 5.32. The molecule has 0 saturated carbocycles. The molecule has 1 aliphatic rings. The molecule has 3 rings (SSSR count). The van der Waals surface area contributed by atoms with Crippen LogP contribution in [0.2, 0.25) is 0 Å². The maximum atomic E-state index is 5.51. The zero-order valence-corrected chi connectivity index (χ0v) is 13.0. The third-order valence-electron chi connectivity index (χ3n) is 4.07. The number of benzene rings is 1. The summed E-state index contributed by atoms with van der Waals surface area (Å²) in [5.74, 6) is 2.43. The second-order valence-electron chi connectivity index (χ2n) is 5.47. The van der Waals surface area contributed by atoms with Gasteiger partial charge in [-0.2, -0.15) is 0 Å². The monoisotopic (exact) mass is 291 g/mol. The highest BCUT2D eigenvalue weighted by atomic mass is 32.1. The number of fused-ring (bicyclic) bond motifs is 1. The van der Waals surface area contributed by atoms with Crippen LogP contribution in [-0.4, -0.2) is 26.8 Å². The maximum absolute atomic E-state index is 5.51. The number of piperidine rings is 1. The van der Waals surface area contributed by atoms with E-state index in [1.54, 1.807) is 14.2 Å². The average Bonchev–Trinajstić information content (AvgIpc) is 2.90. The molecule has 1 aromatic heterocycles. The smallest absolute Gasteiger partial charge is 0.131 e. The van der Waals surface area contributed by atoms with E-state index in [2.05, 4.69) is 24.4 Å². The molecule has 0 aliphatic carbocycles. The zero-order chi connectivity index (χ0) is 14.1. The van der Waals surface area contributed by atoms with Crippen LogP contribution in [0.1, 0.15) is 30.6 Å². The standard InChI is InChI=1S/C16H21NO2S/c1-10-6-11(4-5-17-10)15-9-13-14(19-3)7-12(18-2)8-16(13)20-15/h7-11,17H,4-6H2,1-3H3/t10-,11-/m1/s1. The molecule has 1 fully saturated rings. The van der Waals surface area contributed by atoms with E-state index >= 15 is 0 Å². The lowest BCUT2D eigenvalue weighted by Gasteiger charge is -2.27. The molecule has 0 bridgehead atoms. The highest BCUT2D eigenvalue weighted by molar-refractivity contribution is 7.19. The van der Waals surface area contributed by atoms with E-state index in [4.69, 9.17) is 9.47 Å². The van der Waals surface area contributed by atoms with Gasteiger partial charge >= 0.3 is 0 Å². The van der Waals surface area contributed by atoms with E-state index in [9.17, 15) is 0 Å². The van der Waals surface area contributed by atoms with Crippen molar-refractivity contribution in [3.63, 3.8) is 0 Å². The topological polar surface area (TPSA) is 30.5 Å². The van der Waals surface area contributed by atoms with Crippen LogP contribution < -0.4 is 14.8 Å². The molecular formula is C16H21NO2S. The van der Waals surface area contributed by atoms with Crippen LogP contribution in [0.4, 0.5) is 0 Å². The first-order valence-corrected chi connectivity index (χ1v) is 7.91. The summed E-state index contributed by atoms with van der Waals surface area (Å²) < 4.78 is 12.1. The van der Waals surface area contributed by atoms with Crippen LogP contribution in [-0.2, 0) is 0 Å². The Hall–Kier alpha value is -1.26. The first-order chi connectivity index (χ1) is 9.71. The largest absolute Gasteiger partial charge is 0.497 e. The van der Waals surface area contributed by atoms with Crippen molar-refractivity contribution in [2.24, 2.45) is 0 Å². The molecule has 4 heteroatoms. The van der Waals surface area contributed by atoms with Gasteiger partial charge in [0.05, 0.1) is 14.2 Å². The molecule has 0 unspecified atom stereocenters.